The van der Waals surface area contributed by atoms with Crippen molar-refractivity contribution in [2.45, 2.75) is 5.50 Å². The SMILES string of the molecule is O=C(O)c1ccccc1N1CCS[C@H](F)C1. The van der Waals surface area contributed by atoms with Crippen LogP contribution in [0.4, 0.5) is 10.1 Å². The first-order valence-corrected chi connectivity index (χ1v) is 6.06. The highest BCUT2D eigenvalue weighted by molar-refractivity contribution is 7.99. The van der Waals surface area contributed by atoms with Gasteiger partial charge in [-0.25, -0.2) is 9.18 Å². The molecule has 5 heteroatoms. The molecule has 0 aromatic heterocycles. The Morgan fingerprint density at radius 3 is 2.94 bits per heavy atom. The Hall–Kier alpha value is -1.23. The number of carboxylic acids is 1. The molecule has 0 saturated carbocycles. The Kier molecular flexibility index (Phi) is 3.33. The molecule has 1 aromatic rings. The molecule has 16 heavy (non-hydrogen) atoms. The van der Waals surface area contributed by atoms with E-state index in [0.717, 1.165) is 0 Å². The van der Waals surface area contributed by atoms with Crippen LogP contribution in [0, 0.1) is 0 Å². The second-order valence-electron chi connectivity index (χ2n) is 3.55. The van der Waals surface area contributed by atoms with Gasteiger partial charge in [-0.15, -0.1) is 11.8 Å². The molecule has 1 aromatic carbocycles. The van der Waals surface area contributed by atoms with Gasteiger partial charge < -0.3 is 10.0 Å². The van der Waals surface area contributed by atoms with Crippen molar-refractivity contribution >= 4 is 23.4 Å². The topological polar surface area (TPSA) is 40.5 Å². The van der Waals surface area contributed by atoms with E-state index >= 15 is 0 Å². The summed E-state index contributed by atoms with van der Waals surface area (Å²) < 4.78 is 13.2. The molecule has 1 heterocycles. The van der Waals surface area contributed by atoms with Crippen molar-refractivity contribution in [3.8, 4) is 0 Å². The van der Waals surface area contributed by atoms with Crippen molar-refractivity contribution in [3.63, 3.8) is 0 Å². The van der Waals surface area contributed by atoms with Crippen LogP contribution in [0.2, 0.25) is 0 Å². The molecule has 86 valence electrons. The van der Waals surface area contributed by atoms with E-state index < -0.39 is 11.5 Å². The van der Waals surface area contributed by atoms with Gasteiger partial charge in [-0.3, -0.25) is 0 Å². The molecule has 1 aliphatic rings. The molecule has 1 saturated heterocycles. The zero-order valence-electron chi connectivity index (χ0n) is 8.60. The monoisotopic (exact) mass is 241 g/mol. The minimum atomic E-state index is -0.968. The third-order valence-corrected chi connectivity index (χ3v) is 3.43. The highest BCUT2D eigenvalue weighted by Crippen LogP contribution is 2.27. The fraction of sp³-hybridized carbons (Fsp3) is 0.364. The van der Waals surface area contributed by atoms with Crippen LogP contribution >= 0.6 is 11.8 Å². The zero-order chi connectivity index (χ0) is 11.5. The van der Waals surface area contributed by atoms with Gasteiger partial charge in [-0.05, 0) is 12.1 Å². The molecule has 0 aliphatic carbocycles. The van der Waals surface area contributed by atoms with Gasteiger partial charge in [0.25, 0.3) is 0 Å². The minimum absolute atomic E-state index is 0.238. The maximum Gasteiger partial charge on any atom is 0.337 e. The molecule has 0 amide bonds. The third kappa shape index (κ3) is 2.29. The summed E-state index contributed by atoms with van der Waals surface area (Å²) >= 11 is 1.27. The summed E-state index contributed by atoms with van der Waals surface area (Å²) in [6, 6.07) is 6.73. The molecule has 1 N–H and O–H groups in total. The summed E-state index contributed by atoms with van der Waals surface area (Å²) in [6.07, 6.45) is 0. The fourth-order valence-corrected chi connectivity index (χ4v) is 2.62. The molecule has 0 unspecified atom stereocenters. The predicted molar refractivity (Wildman–Crippen MR) is 63.0 cm³/mol. The minimum Gasteiger partial charge on any atom is -0.478 e. The number of hydrogen-bond donors (Lipinski definition) is 1. The normalized spacial score (nSPS) is 20.8. The van der Waals surface area contributed by atoms with Crippen molar-refractivity contribution in [1.82, 2.24) is 0 Å². The van der Waals surface area contributed by atoms with Gasteiger partial charge in [0.1, 0.15) is 0 Å². The number of benzene rings is 1. The van der Waals surface area contributed by atoms with Crippen LogP contribution in [0.5, 0.6) is 0 Å². The summed E-state index contributed by atoms with van der Waals surface area (Å²) in [5.41, 5.74) is -0.0878. The van der Waals surface area contributed by atoms with E-state index in [9.17, 15) is 9.18 Å². The van der Waals surface area contributed by atoms with E-state index in [1.165, 1.54) is 11.8 Å². The van der Waals surface area contributed by atoms with E-state index in [0.29, 0.717) is 18.0 Å². The lowest BCUT2D eigenvalue weighted by atomic mass is 10.1. The van der Waals surface area contributed by atoms with Gasteiger partial charge in [-0.2, -0.15) is 0 Å². The lowest BCUT2D eigenvalue weighted by molar-refractivity contribution is 0.0697. The molecule has 0 bridgehead atoms. The van der Waals surface area contributed by atoms with E-state index in [1.54, 1.807) is 29.2 Å². The quantitative estimate of drug-likeness (QED) is 0.862. The average molecular weight is 241 g/mol. The molecule has 2 rings (SSSR count). The molecule has 1 fully saturated rings. The highest BCUT2D eigenvalue weighted by Gasteiger charge is 2.22. The fourth-order valence-electron chi connectivity index (χ4n) is 1.76. The second-order valence-corrected chi connectivity index (χ2v) is 4.80. The predicted octanol–water partition coefficient (Wildman–Crippen LogP) is 2.23. The van der Waals surface area contributed by atoms with Crippen molar-refractivity contribution in [2.75, 3.05) is 23.7 Å². The van der Waals surface area contributed by atoms with Gasteiger partial charge >= 0.3 is 5.97 Å². The lowest BCUT2D eigenvalue weighted by Gasteiger charge is -2.31. The number of para-hydroxylation sites is 1. The third-order valence-electron chi connectivity index (χ3n) is 2.50. The van der Waals surface area contributed by atoms with Crippen LogP contribution < -0.4 is 4.90 Å². The van der Waals surface area contributed by atoms with Crippen LogP contribution in [0.1, 0.15) is 10.4 Å². The van der Waals surface area contributed by atoms with Crippen LogP contribution in [-0.4, -0.2) is 35.4 Å². The second kappa shape index (κ2) is 4.74. The van der Waals surface area contributed by atoms with Gasteiger partial charge in [-0.1, -0.05) is 12.1 Å². The van der Waals surface area contributed by atoms with Crippen LogP contribution in [-0.2, 0) is 0 Å². The van der Waals surface area contributed by atoms with Crippen molar-refractivity contribution in [2.24, 2.45) is 0 Å². The van der Waals surface area contributed by atoms with Crippen molar-refractivity contribution in [1.29, 1.82) is 0 Å². The average Bonchev–Trinajstić information content (AvgIpc) is 2.29. The number of hydrogen-bond acceptors (Lipinski definition) is 3. The summed E-state index contributed by atoms with van der Waals surface area (Å²) in [5, 5.41) is 9.04. The maximum atomic E-state index is 13.2. The molecular weight excluding hydrogens is 229 g/mol. The van der Waals surface area contributed by atoms with E-state index in [1.807, 2.05) is 0 Å². The zero-order valence-corrected chi connectivity index (χ0v) is 9.41. The number of anilines is 1. The Labute approximate surface area is 97.3 Å². The van der Waals surface area contributed by atoms with Gasteiger partial charge in [0.05, 0.1) is 17.8 Å². The number of thioether (sulfide) groups is 1. The summed E-state index contributed by atoms with van der Waals surface area (Å²) in [7, 11) is 0. The van der Waals surface area contributed by atoms with Gasteiger partial charge in [0.2, 0.25) is 0 Å². The summed E-state index contributed by atoms with van der Waals surface area (Å²) in [4.78, 5) is 12.8. The Morgan fingerprint density at radius 1 is 1.50 bits per heavy atom. The summed E-state index contributed by atoms with van der Waals surface area (Å²) in [6.45, 7) is 0.949. The Balaban J connectivity index is 2.28. The maximum absolute atomic E-state index is 13.2. The molecule has 1 aliphatic heterocycles. The number of nitrogens with zero attached hydrogens (tertiary/aromatic N) is 1. The largest absolute Gasteiger partial charge is 0.478 e. The number of rotatable bonds is 2. The van der Waals surface area contributed by atoms with Crippen LogP contribution in [0.25, 0.3) is 0 Å². The highest BCUT2D eigenvalue weighted by atomic mass is 32.2. The van der Waals surface area contributed by atoms with E-state index in [-0.39, 0.29) is 12.1 Å². The van der Waals surface area contributed by atoms with Gasteiger partial charge in [0.15, 0.2) is 5.50 Å². The molecule has 1 atom stereocenters. The van der Waals surface area contributed by atoms with E-state index in [2.05, 4.69) is 0 Å². The van der Waals surface area contributed by atoms with E-state index in [4.69, 9.17) is 5.11 Å². The molecule has 0 radical (unpaired) electrons. The van der Waals surface area contributed by atoms with Crippen molar-refractivity contribution < 1.29 is 14.3 Å². The first kappa shape index (κ1) is 11.3. The van der Waals surface area contributed by atoms with Crippen LogP contribution in [0.3, 0.4) is 0 Å². The molecule has 0 spiro atoms. The number of carbonyl (C=O) groups is 1. The van der Waals surface area contributed by atoms with Crippen molar-refractivity contribution in [3.05, 3.63) is 29.8 Å². The van der Waals surface area contributed by atoms with Gasteiger partial charge in [0, 0.05) is 12.3 Å². The smallest absolute Gasteiger partial charge is 0.337 e. The van der Waals surface area contributed by atoms with Crippen LogP contribution in [0.15, 0.2) is 24.3 Å². The number of halogens is 1. The standard InChI is InChI=1S/C11H12FNO2S/c12-10-7-13(5-6-16-10)9-4-2-1-3-8(9)11(14)15/h1-4,10H,5-7H2,(H,14,15)/t10-/m0/s1. The Morgan fingerprint density at radius 2 is 2.25 bits per heavy atom. The summed E-state index contributed by atoms with van der Waals surface area (Å²) in [5.74, 6) is -0.279. The first-order valence-electron chi connectivity index (χ1n) is 5.01. The number of alkyl halides is 1. The molecular formula is C11H12FNO2S. The number of carboxylic acid groups (broad SMARTS) is 1. The lowest BCUT2D eigenvalue weighted by Crippen LogP contribution is -2.36. The molecule has 3 nitrogen and oxygen atoms in total. The Bertz CT molecular complexity index is 399. The number of aromatic carboxylic acids is 1. The first-order chi connectivity index (χ1) is 7.68.